The summed E-state index contributed by atoms with van der Waals surface area (Å²) in [5, 5.41) is 0. The molecule has 1 aromatic rings. The van der Waals surface area contributed by atoms with E-state index in [0.29, 0.717) is 0 Å². The minimum Gasteiger partial charge on any atom is -0.417 e. The van der Waals surface area contributed by atoms with Crippen molar-refractivity contribution in [1.29, 1.82) is 0 Å². The zero-order valence-electron chi connectivity index (χ0n) is 4.92. The largest absolute Gasteiger partial charge is 0.417 e. The Balaban J connectivity index is 2.59. The summed E-state index contributed by atoms with van der Waals surface area (Å²) in [6.45, 7) is -2.81. The van der Waals surface area contributed by atoms with Crippen LogP contribution in [0.1, 0.15) is 0 Å². The van der Waals surface area contributed by atoms with Crippen LogP contribution in [0.5, 0.6) is 5.88 Å². The smallest absolute Gasteiger partial charge is 0.388 e. The van der Waals surface area contributed by atoms with Crippen molar-refractivity contribution >= 4 is 0 Å². The van der Waals surface area contributed by atoms with Crippen LogP contribution in [0.2, 0.25) is 0 Å². The fourth-order valence-electron chi connectivity index (χ4n) is 0.467. The third kappa shape index (κ3) is 1.97. The summed E-state index contributed by atoms with van der Waals surface area (Å²) in [5.74, 6) is -0.0891. The molecular weight excluding hydrogens is 140 g/mol. The number of alkyl halides is 2. The van der Waals surface area contributed by atoms with E-state index in [2.05, 4.69) is 15.8 Å². The lowest BCUT2D eigenvalue weighted by Gasteiger charge is -1.99. The van der Waals surface area contributed by atoms with Crippen LogP contribution >= 0.6 is 0 Å². The molecule has 0 aliphatic carbocycles. The molecule has 53 valence electrons. The zero-order valence-corrected chi connectivity index (χ0v) is 4.92. The summed E-state index contributed by atoms with van der Waals surface area (Å²) in [4.78, 5) is 3.46. The summed E-state index contributed by atoms with van der Waals surface area (Å²) in [5.41, 5.74) is 0. The Morgan fingerprint density at radius 1 is 1.60 bits per heavy atom. The van der Waals surface area contributed by atoms with E-state index in [9.17, 15) is 8.78 Å². The highest BCUT2D eigenvalue weighted by atomic mass is 19.3. The van der Waals surface area contributed by atoms with Gasteiger partial charge in [-0.15, -0.1) is 0 Å². The molecule has 0 aliphatic heterocycles. The van der Waals surface area contributed by atoms with Crippen molar-refractivity contribution in [3.05, 3.63) is 24.4 Å². The Morgan fingerprint density at radius 3 is 2.90 bits per heavy atom. The fraction of sp³-hybridized carbons (Fsp3) is 0.167. The lowest BCUT2D eigenvalue weighted by molar-refractivity contribution is -0.0528. The Hall–Kier alpha value is -1.19. The standard InChI is InChI=1S/C6H4F2NO/c7-6(8)10-5-3-1-2-4-9-5/h1,3-4,6H. The summed E-state index contributed by atoms with van der Waals surface area (Å²) < 4.78 is 26.8. The molecule has 2 nitrogen and oxygen atoms in total. The number of hydrogen-bond acceptors (Lipinski definition) is 2. The molecule has 0 atom stereocenters. The van der Waals surface area contributed by atoms with Gasteiger partial charge in [0.25, 0.3) is 0 Å². The highest BCUT2D eigenvalue weighted by Gasteiger charge is 2.02. The highest BCUT2D eigenvalue weighted by molar-refractivity contribution is 5.07. The molecule has 0 aliphatic rings. The van der Waals surface area contributed by atoms with Crippen molar-refractivity contribution in [3.63, 3.8) is 0 Å². The van der Waals surface area contributed by atoms with E-state index in [1.807, 2.05) is 0 Å². The van der Waals surface area contributed by atoms with Gasteiger partial charge in [-0.2, -0.15) is 8.78 Å². The number of pyridine rings is 1. The van der Waals surface area contributed by atoms with E-state index in [0.717, 1.165) is 0 Å². The van der Waals surface area contributed by atoms with Crippen LogP contribution in [0.15, 0.2) is 18.3 Å². The first kappa shape index (κ1) is 6.92. The van der Waals surface area contributed by atoms with Crippen LogP contribution < -0.4 is 4.74 Å². The molecule has 0 saturated heterocycles. The number of aromatic nitrogens is 1. The number of ether oxygens (including phenoxy) is 1. The average molecular weight is 144 g/mol. The Morgan fingerprint density at radius 2 is 2.40 bits per heavy atom. The van der Waals surface area contributed by atoms with Crippen LogP contribution in [0.4, 0.5) is 8.78 Å². The lowest BCUT2D eigenvalue weighted by atomic mass is 10.5. The van der Waals surface area contributed by atoms with Gasteiger partial charge in [0.1, 0.15) is 0 Å². The summed E-state index contributed by atoms with van der Waals surface area (Å²) in [7, 11) is 0. The average Bonchev–Trinajstić information content (AvgIpc) is 1.88. The molecule has 0 saturated carbocycles. The third-order valence-corrected chi connectivity index (χ3v) is 0.798. The van der Waals surface area contributed by atoms with Crippen molar-refractivity contribution in [1.82, 2.24) is 4.98 Å². The molecule has 0 amide bonds. The van der Waals surface area contributed by atoms with Crippen LogP contribution in [0, 0.1) is 6.07 Å². The van der Waals surface area contributed by atoms with E-state index < -0.39 is 6.61 Å². The predicted molar refractivity (Wildman–Crippen MR) is 29.7 cm³/mol. The molecule has 0 fully saturated rings. The highest BCUT2D eigenvalue weighted by Crippen LogP contribution is 2.06. The third-order valence-electron chi connectivity index (χ3n) is 0.798. The van der Waals surface area contributed by atoms with Crippen LogP contribution in [-0.4, -0.2) is 11.6 Å². The molecule has 0 spiro atoms. The Kier molecular flexibility index (Phi) is 2.15. The molecule has 1 aromatic heterocycles. The first-order valence-corrected chi connectivity index (χ1v) is 2.56. The molecule has 1 heterocycles. The van der Waals surface area contributed by atoms with Gasteiger partial charge in [-0.3, -0.25) is 0 Å². The minimum absolute atomic E-state index is 0.0891. The van der Waals surface area contributed by atoms with Gasteiger partial charge in [0, 0.05) is 18.3 Å². The molecule has 1 rings (SSSR count). The fourth-order valence-corrected chi connectivity index (χ4v) is 0.467. The summed E-state index contributed by atoms with van der Waals surface area (Å²) >= 11 is 0. The minimum atomic E-state index is -2.81. The van der Waals surface area contributed by atoms with Crippen LogP contribution in [-0.2, 0) is 0 Å². The topological polar surface area (TPSA) is 22.1 Å². The van der Waals surface area contributed by atoms with E-state index in [1.165, 1.54) is 18.3 Å². The van der Waals surface area contributed by atoms with E-state index in [1.54, 1.807) is 0 Å². The second kappa shape index (κ2) is 3.10. The van der Waals surface area contributed by atoms with Crippen molar-refractivity contribution in [3.8, 4) is 5.88 Å². The number of nitrogens with zero attached hydrogens (tertiary/aromatic N) is 1. The molecule has 1 radical (unpaired) electrons. The normalized spacial score (nSPS) is 9.90. The van der Waals surface area contributed by atoms with Gasteiger partial charge in [0.05, 0.1) is 0 Å². The van der Waals surface area contributed by atoms with Crippen molar-refractivity contribution in [2.45, 2.75) is 6.61 Å². The maximum atomic E-state index is 11.4. The Bertz CT molecular complexity index is 190. The van der Waals surface area contributed by atoms with Gasteiger partial charge in [0.2, 0.25) is 5.88 Å². The van der Waals surface area contributed by atoms with Crippen LogP contribution in [0.3, 0.4) is 0 Å². The molecule has 4 heteroatoms. The second-order valence-electron chi connectivity index (χ2n) is 1.47. The lowest BCUT2D eigenvalue weighted by Crippen LogP contribution is -2.02. The van der Waals surface area contributed by atoms with Gasteiger partial charge in [-0.05, 0) is 6.07 Å². The second-order valence-corrected chi connectivity index (χ2v) is 1.47. The van der Waals surface area contributed by atoms with Gasteiger partial charge < -0.3 is 4.74 Å². The maximum absolute atomic E-state index is 11.4. The molecular formula is C6H4F2NO. The number of rotatable bonds is 2. The predicted octanol–water partition coefficient (Wildman–Crippen LogP) is 1.48. The monoisotopic (exact) mass is 144 g/mol. The molecule has 0 aromatic carbocycles. The number of hydrogen-bond donors (Lipinski definition) is 0. The van der Waals surface area contributed by atoms with Gasteiger partial charge in [0.15, 0.2) is 0 Å². The van der Waals surface area contributed by atoms with Gasteiger partial charge in [-0.1, -0.05) is 0 Å². The maximum Gasteiger partial charge on any atom is 0.388 e. The number of halogens is 2. The SMILES string of the molecule is FC(F)Oc1cc[c]cn1. The molecule has 0 N–H and O–H groups in total. The summed E-state index contributed by atoms with van der Waals surface area (Å²) in [6.07, 6.45) is 1.26. The van der Waals surface area contributed by atoms with E-state index in [-0.39, 0.29) is 5.88 Å². The van der Waals surface area contributed by atoms with Gasteiger partial charge in [-0.25, -0.2) is 4.98 Å². The zero-order chi connectivity index (χ0) is 7.40. The quantitative estimate of drug-likeness (QED) is 0.627. The molecule has 0 unspecified atom stereocenters. The van der Waals surface area contributed by atoms with E-state index >= 15 is 0 Å². The van der Waals surface area contributed by atoms with Crippen LogP contribution in [0.25, 0.3) is 0 Å². The molecule has 0 bridgehead atoms. The first-order chi connectivity index (χ1) is 4.79. The van der Waals surface area contributed by atoms with Crippen molar-refractivity contribution < 1.29 is 13.5 Å². The van der Waals surface area contributed by atoms with Crippen molar-refractivity contribution in [2.24, 2.45) is 0 Å². The van der Waals surface area contributed by atoms with Crippen molar-refractivity contribution in [2.75, 3.05) is 0 Å². The first-order valence-electron chi connectivity index (χ1n) is 2.56. The molecule has 10 heavy (non-hydrogen) atoms. The van der Waals surface area contributed by atoms with E-state index in [4.69, 9.17) is 0 Å². The Labute approximate surface area is 56.5 Å². The van der Waals surface area contributed by atoms with Gasteiger partial charge >= 0.3 is 6.61 Å². The summed E-state index contributed by atoms with van der Waals surface area (Å²) in [6, 6.07) is 5.33.